The smallest absolute Gasteiger partial charge is 0.284 e. The zero-order valence-corrected chi connectivity index (χ0v) is 9.72. The highest BCUT2D eigenvalue weighted by molar-refractivity contribution is 5.96. The minimum atomic E-state index is -0.395. The minimum Gasteiger partial charge on any atom is -0.472 e. The van der Waals surface area contributed by atoms with E-state index in [4.69, 9.17) is 10.2 Å². The van der Waals surface area contributed by atoms with Gasteiger partial charge in [-0.1, -0.05) is 0 Å². The van der Waals surface area contributed by atoms with E-state index in [1.807, 2.05) is 0 Å². The van der Waals surface area contributed by atoms with E-state index in [1.54, 1.807) is 24.5 Å². The molecular formula is C12H9N5O2. The highest BCUT2D eigenvalue weighted by Gasteiger charge is 2.17. The number of aromatic nitrogens is 4. The van der Waals surface area contributed by atoms with Crippen LogP contribution in [0.1, 0.15) is 10.4 Å². The number of nitrogens with two attached hydrogens (primary N) is 1. The highest BCUT2D eigenvalue weighted by Crippen LogP contribution is 2.16. The van der Waals surface area contributed by atoms with Crippen LogP contribution < -0.4 is 5.73 Å². The van der Waals surface area contributed by atoms with Crippen molar-refractivity contribution in [2.75, 3.05) is 5.73 Å². The molecular weight excluding hydrogens is 246 g/mol. The standard InChI is InChI=1S/C12H9N5O2/c13-12-15-10(8-2-1-4-14-6-8)16-17(12)11(18)9-3-5-19-7-9/h1-7H,(H2,13,15,16). The van der Waals surface area contributed by atoms with Crippen molar-refractivity contribution in [2.24, 2.45) is 0 Å². The highest BCUT2D eigenvalue weighted by atomic mass is 16.3. The molecule has 7 heteroatoms. The van der Waals surface area contributed by atoms with E-state index >= 15 is 0 Å². The molecule has 0 amide bonds. The zero-order valence-electron chi connectivity index (χ0n) is 9.72. The molecule has 0 aliphatic rings. The van der Waals surface area contributed by atoms with E-state index in [0.29, 0.717) is 17.0 Å². The molecule has 3 heterocycles. The monoisotopic (exact) mass is 255 g/mol. The summed E-state index contributed by atoms with van der Waals surface area (Å²) in [5.41, 5.74) is 6.75. The first-order valence-corrected chi connectivity index (χ1v) is 5.45. The number of furan rings is 1. The maximum absolute atomic E-state index is 12.1. The normalized spacial score (nSPS) is 10.5. The van der Waals surface area contributed by atoms with Gasteiger partial charge in [0.1, 0.15) is 6.26 Å². The van der Waals surface area contributed by atoms with Crippen LogP contribution in [0.4, 0.5) is 5.95 Å². The van der Waals surface area contributed by atoms with Crippen LogP contribution in [-0.4, -0.2) is 25.7 Å². The third-order valence-electron chi connectivity index (χ3n) is 2.51. The number of nitrogen functional groups attached to an aromatic ring is 1. The molecule has 0 aliphatic heterocycles. The number of pyridine rings is 1. The molecule has 19 heavy (non-hydrogen) atoms. The van der Waals surface area contributed by atoms with Crippen LogP contribution in [0.25, 0.3) is 11.4 Å². The summed E-state index contributed by atoms with van der Waals surface area (Å²) in [6.45, 7) is 0. The Morgan fingerprint density at radius 3 is 2.95 bits per heavy atom. The van der Waals surface area contributed by atoms with Crippen molar-refractivity contribution >= 4 is 11.9 Å². The van der Waals surface area contributed by atoms with Crippen LogP contribution in [0.2, 0.25) is 0 Å². The number of hydrogen-bond donors (Lipinski definition) is 1. The summed E-state index contributed by atoms with van der Waals surface area (Å²) in [5.74, 6) is -0.0265. The van der Waals surface area contributed by atoms with Gasteiger partial charge < -0.3 is 10.2 Å². The van der Waals surface area contributed by atoms with Gasteiger partial charge in [-0.15, -0.1) is 5.10 Å². The van der Waals surface area contributed by atoms with Crippen LogP contribution in [0.3, 0.4) is 0 Å². The van der Waals surface area contributed by atoms with Gasteiger partial charge in [0.2, 0.25) is 5.95 Å². The summed E-state index contributed by atoms with van der Waals surface area (Å²) < 4.78 is 5.89. The second-order valence-electron chi connectivity index (χ2n) is 3.76. The van der Waals surface area contributed by atoms with Gasteiger partial charge in [-0.3, -0.25) is 9.78 Å². The minimum absolute atomic E-state index is 0.0186. The fourth-order valence-electron chi connectivity index (χ4n) is 1.60. The molecule has 7 nitrogen and oxygen atoms in total. The predicted octanol–water partition coefficient (Wildman–Crippen LogP) is 1.20. The molecule has 0 spiro atoms. The maximum Gasteiger partial charge on any atom is 0.284 e. The molecule has 0 saturated carbocycles. The fraction of sp³-hybridized carbons (Fsp3) is 0. The fourth-order valence-corrected chi connectivity index (χ4v) is 1.60. The van der Waals surface area contributed by atoms with Gasteiger partial charge in [0.05, 0.1) is 11.8 Å². The summed E-state index contributed by atoms with van der Waals surface area (Å²) in [4.78, 5) is 20.1. The number of rotatable bonds is 2. The molecule has 0 atom stereocenters. The summed E-state index contributed by atoms with van der Waals surface area (Å²) in [6, 6.07) is 5.08. The summed E-state index contributed by atoms with van der Waals surface area (Å²) in [7, 11) is 0. The van der Waals surface area contributed by atoms with Crippen molar-refractivity contribution in [3.63, 3.8) is 0 Å². The lowest BCUT2D eigenvalue weighted by Crippen LogP contribution is -2.15. The van der Waals surface area contributed by atoms with Gasteiger partial charge in [0.25, 0.3) is 5.91 Å². The predicted molar refractivity (Wildman–Crippen MR) is 66.1 cm³/mol. The average molecular weight is 255 g/mol. The van der Waals surface area contributed by atoms with Crippen LogP contribution in [-0.2, 0) is 0 Å². The van der Waals surface area contributed by atoms with Crippen molar-refractivity contribution in [2.45, 2.75) is 0 Å². The molecule has 0 aromatic carbocycles. The number of carbonyl (C=O) groups is 1. The number of anilines is 1. The van der Waals surface area contributed by atoms with Crippen molar-refractivity contribution in [1.82, 2.24) is 19.7 Å². The topological polar surface area (TPSA) is 99.8 Å². The van der Waals surface area contributed by atoms with Crippen molar-refractivity contribution < 1.29 is 9.21 Å². The van der Waals surface area contributed by atoms with Crippen molar-refractivity contribution in [3.8, 4) is 11.4 Å². The molecule has 0 radical (unpaired) electrons. The Bertz CT molecular complexity index is 703. The molecule has 2 N–H and O–H groups in total. The Morgan fingerprint density at radius 1 is 1.37 bits per heavy atom. The molecule has 0 unspecified atom stereocenters. The molecule has 3 rings (SSSR count). The average Bonchev–Trinajstić information content (AvgIpc) is 3.08. The Hall–Kier alpha value is -2.96. The first-order valence-electron chi connectivity index (χ1n) is 5.45. The second-order valence-corrected chi connectivity index (χ2v) is 3.76. The van der Waals surface area contributed by atoms with Crippen LogP contribution in [0, 0.1) is 0 Å². The first-order chi connectivity index (χ1) is 9.25. The Balaban J connectivity index is 2.01. The summed E-state index contributed by atoms with van der Waals surface area (Å²) in [5, 5.41) is 4.09. The zero-order chi connectivity index (χ0) is 13.2. The molecule has 0 bridgehead atoms. The van der Waals surface area contributed by atoms with Gasteiger partial charge in [-0.25, -0.2) is 0 Å². The molecule has 0 aliphatic carbocycles. The van der Waals surface area contributed by atoms with Crippen molar-refractivity contribution in [3.05, 3.63) is 48.7 Å². The molecule has 0 fully saturated rings. The lowest BCUT2D eigenvalue weighted by Gasteiger charge is -1.97. The molecule has 94 valence electrons. The SMILES string of the molecule is Nc1nc(-c2cccnc2)nn1C(=O)c1ccoc1. The van der Waals surface area contributed by atoms with Gasteiger partial charge >= 0.3 is 0 Å². The van der Waals surface area contributed by atoms with E-state index < -0.39 is 5.91 Å². The van der Waals surface area contributed by atoms with Crippen LogP contribution in [0.5, 0.6) is 0 Å². The van der Waals surface area contributed by atoms with Gasteiger partial charge in [-0.05, 0) is 18.2 Å². The van der Waals surface area contributed by atoms with E-state index in [0.717, 1.165) is 4.68 Å². The van der Waals surface area contributed by atoms with Gasteiger partial charge in [0.15, 0.2) is 5.82 Å². The summed E-state index contributed by atoms with van der Waals surface area (Å²) >= 11 is 0. The number of carbonyl (C=O) groups excluding carboxylic acids is 1. The first kappa shape index (κ1) is 11.1. The largest absolute Gasteiger partial charge is 0.472 e. The van der Waals surface area contributed by atoms with E-state index in [-0.39, 0.29) is 5.95 Å². The molecule has 3 aromatic rings. The van der Waals surface area contributed by atoms with Crippen molar-refractivity contribution in [1.29, 1.82) is 0 Å². The molecule has 0 saturated heterocycles. The maximum atomic E-state index is 12.1. The Kier molecular flexibility index (Phi) is 2.57. The number of hydrogen-bond acceptors (Lipinski definition) is 6. The quantitative estimate of drug-likeness (QED) is 0.738. The van der Waals surface area contributed by atoms with E-state index in [2.05, 4.69) is 15.1 Å². The van der Waals surface area contributed by atoms with E-state index in [1.165, 1.54) is 18.6 Å². The lowest BCUT2D eigenvalue weighted by molar-refractivity contribution is 0.0947. The third-order valence-corrected chi connectivity index (χ3v) is 2.51. The Morgan fingerprint density at radius 2 is 2.26 bits per heavy atom. The Labute approximate surface area is 107 Å². The second kappa shape index (κ2) is 4.37. The van der Waals surface area contributed by atoms with E-state index in [9.17, 15) is 4.79 Å². The van der Waals surface area contributed by atoms with Gasteiger partial charge in [0, 0.05) is 18.0 Å². The van der Waals surface area contributed by atoms with Crippen LogP contribution >= 0.6 is 0 Å². The summed E-state index contributed by atoms with van der Waals surface area (Å²) in [6.07, 6.45) is 5.97. The number of nitrogens with zero attached hydrogens (tertiary/aromatic N) is 4. The molecule has 3 aromatic heterocycles. The van der Waals surface area contributed by atoms with Crippen LogP contribution in [0.15, 0.2) is 47.5 Å². The van der Waals surface area contributed by atoms with Gasteiger partial charge in [-0.2, -0.15) is 9.67 Å². The lowest BCUT2D eigenvalue weighted by atomic mass is 10.3. The third kappa shape index (κ3) is 1.97.